The summed E-state index contributed by atoms with van der Waals surface area (Å²) in [5.41, 5.74) is 0.558. The van der Waals surface area contributed by atoms with E-state index < -0.39 is 5.97 Å². The van der Waals surface area contributed by atoms with E-state index in [0.29, 0.717) is 23.3 Å². The molecule has 2 rings (SSSR count). The number of morpholine rings is 1. The van der Waals surface area contributed by atoms with Gasteiger partial charge in [0.1, 0.15) is 0 Å². The number of carbonyl (C=O) groups excluding carboxylic acids is 1. The Labute approximate surface area is 131 Å². The lowest BCUT2D eigenvalue weighted by Crippen LogP contribution is -2.51. The van der Waals surface area contributed by atoms with Gasteiger partial charge < -0.3 is 20.1 Å². The van der Waals surface area contributed by atoms with E-state index in [1.54, 1.807) is 11.0 Å². The van der Waals surface area contributed by atoms with Gasteiger partial charge in [0.15, 0.2) is 0 Å². The first-order valence-corrected chi connectivity index (χ1v) is 7.40. The van der Waals surface area contributed by atoms with Gasteiger partial charge in [-0.15, -0.1) is 0 Å². The fourth-order valence-electron chi connectivity index (χ4n) is 2.13. The van der Waals surface area contributed by atoms with Crippen molar-refractivity contribution in [1.29, 1.82) is 0 Å². The molecule has 2 atom stereocenters. The first-order chi connectivity index (χ1) is 9.88. The lowest BCUT2D eigenvalue weighted by molar-refractivity contribution is -0.0296. The van der Waals surface area contributed by atoms with E-state index in [9.17, 15) is 9.59 Å². The molecule has 114 valence electrons. The third kappa shape index (κ3) is 3.74. The summed E-state index contributed by atoms with van der Waals surface area (Å²) in [6.07, 6.45) is -0.0132. The van der Waals surface area contributed by atoms with Crippen molar-refractivity contribution in [3.05, 3.63) is 28.2 Å². The van der Waals surface area contributed by atoms with Gasteiger partial charge in [0.2, 0.25) is 0 Å². The number of anilines is 1. The van der Waals surface area contributed by atoms with Crippen molar-refractivity contribution in [2.75, 3.05) is 18.5 Å². The predicted molar refractivity (Wildman–Crippen MR) is 81.7 cm³/mol. The molecule has 2 N–H and O–H groups in total. The fourth-order valence-corrected chi connectivity index (χ4v) is 2.47. The van der Waals surface area contributed by atoms with Crippen LogP contribution in [0.5, 0.6) is 0 Å². The lowest BCUT2D eigenvalue weighted by Gasteiger charge is -2.36. The number of carboxylic acid groups (broad SMARTS) is 1. The van der Waals surface area contributed by atoms with Crippen LogP contribution in [0.2, 0.25) is 0 Å². The number of benzene rings is 1. The van der Waals surface area contributed by atoms with Gasteiger partial charge in [0.05, 0.1) is 30.0 Å². The SMILES string of the molecule is CC1CN(C(=O)Nc2cc(C(=O)O)ccc2Br)C(C)CO1. The van der Waals surface area contributed by atoms with E-state index in [1.807, 2.05) is 13.8 Å². The number of aromatic carboxylic acids is 1. The molecule has 1 aromatic rings. The summed E-state index contributed by atoms with van der Waals surface area (Å²) in [5, 5.41) is 11.8. The van der Waals surface area contributed by atoms with Gasteiger partial charge in [-0.25, -0.2) is 9.59 Å². The molecule has 7 heteroatoms. The third-order valence-corrected chi connectivity index (χ3v) is 4.02. The number of ether oxygens (including phenoxy) is 1. The zero-order valence-corrected chi connectivity index (χ0v) is 13.4. The number of nitrogens with one attached hydrogen (secondary N) is 1. The second-order valence-corrected chi connectivity index (χ2v) is 5.93. The number of nitrogens with zero attached hydrogens (tertiary/aromatic N) is 1. The van der Waals surface area contributed by atoms with E-state index >= 15 is 0 Å². The van der Waals surface area contributed by atoms with Crippen molar-refractivity contribution >= 4 is 33.6 Å². The molecule has 6 nitrogen and oxygen atoms in total. The highest BCUT2D eigenvalue weighted by atomic mass is 79.9. The van der Waals surface area contributed by atoms with Crippen LogP contribution in [-0.2, 0) is 4.74 Å². The number of halogens is 1. The number of urea groups is 1. The van der Waals surface area contributed by atoms with Crippen LogP contribution in [0.4, 0.5) is 10.5 Å². The minimum absolute atomic E-state index is 0.0132. The maximum absolute atomic E-state index is 12.3. The van der Waals surface area contributed by atoms with Gasteiger partial charge in [-0.1, -0.05) is 0 Å². The average molecular weight is 357 g/mol. The van der Waals surface area contributed by atoms with Crippen molar-refractivity contribution in [3.8, 4) is 0 Å². The number of amides is 2. The minimum Gasteiger partial charge on any atom is -0.478 e. The Hall–Kier alpha value is -1.60. The van der Waals surface area contributed by atoms with Gasteiger partial charge in [-0.2, -0.15) is 0 Å². The molecular weight excluding hydrogens is 340 g/mol. The molecule has 2 amide bonds. The predicted octanol–water partition coefficient (Wildman–Crippen LogP) is 2.79. The minimum atomic E-state index is -1.04. The number of rotatable bonds is 2. The van der Waals surface area contributed by atoms with Crippen molar-refractivity contribution in [1.82, 2.24) is 4.90 Å². The normalized spacial score (nSPS) is 22.0. The van der Waals surface area contributed by atoms with Crippen LogP contribution in [0.15, 0.2) is 22.7 Å². The molecular formula is C14H17BrN2O4. The van der Waals surface area contributed by atoms with E-state index in [-0.39, 0.29) is 23.7 Å². The Bertz CT molecular complexity index is 564. The maximum atomic E-state index is 12.3. The van der Waals surface area contributed by atoms with Gasteiger partial charge >= 0.3 is 12.0 Å². The summed E-state index contributed by atoms with van der Waals surface area (Å²) in [4.78, 5) is 25.0. The molecule has 2 unspecified atom stereocenters. The molecule has 1 aliphatic heterocycles. The molecule has 1 aromatic carbocycles. The number of carboxylic acids is 1. The Morgan fingerprint density at radius 1 is 1.43 bits per heavy atom. The summed E-state index contributed by atoms with van der Waals surface area (Å²) in [6.45, 7) is 4.81. The molecule has 1 heterocycles. The Balaban J connectivity index is 2.15. The second kappa shape index (κ2) is 6.44. The molecule has 0 radical (unpaired) electrons. The number of hydrogen-bond donors (Lipinski definition) is 2. The van der Waals surface area contributed by atoms with Gasteiger partial charge in [0.25, 0.3) is 0 Å². The fraction of sp³-hybridized carbons (Fsp3) is 0.429. The van der Waals surface area contributed by atoms with Crippen LogP contribution in [0.25, 0.3) is 0 Å². The smallest absolute Gasteiger partial charge is 0.335 e. The zero-order valence-electron chi connectivity index (χ0n) is 11.8. The molecule has 0 aromatic heterocycles. The van der Waals surface area contributed by atoms with Crippen molar-refractivity contribution in [3.63, 3.8) is 0 Å². The molecule has 1 saturated heterocycles. The van der Waals surface area contributed by atoms with Crippen LogP contribution in [0.3, 0.4) is 0 Å². The molecule has 0 saturated carbocycles. The van der Waals surface area contributed by atoms with Crippen LogP contribution < -0.4 is 5.32 Å². The van der Waals surface area contributed by atoms with Gasteiger partial charge in [0, 0.05) is 11.0 Å². The summed E-state index contributed by atoms with van der Waals surface area (Å²) < 4.78 is 6.12. The lowest BCUT2D eigenvalue weighted by atomic mass is 10.2. The first-order valence-electron chi connectivity index (χ1n) is 6.60. The average Bonchev–Trinajstić information content (AvgIpc) is 2.43. The second-order valence-electron chi connectivity index (χ2n) is 5.08. The third-order valence-electron chi connectivity index (χ3n) is 3.32. The van der Waals surface area contributed by atoms with Crippen LogP contribution in [0.1, 0.15) is 24.2 Å². The van der Waals surface area contributed by atoms with Gasteiger partial charge in [-0.3, -0.25) is 0 Å². The highest BCUT2D eigenvalue weighted by Crippen LogP contribution is 2.25. The summed E-state index contributed by atoms with van der Waals surface area (Å²) >= 11 is 3.31. The highest BCUT2D eigenvalue weighted by Gasteiger charge is 2.27. The monoisotopic (exact) mass is 356 g/mol. The van der Waals surface area contributed by atoms with Crippen molar-refractivity contribution in [2.45, 2.75) is 26.0 Å². The van der Waals surface area contributed by atoms with Crippen molar-refractivity contribution < 1.29 is 19.4 Å². The summed E-state index contributed by atoms with van der Waals surface area (Å²) in [6, 6.07) is 4.22. The van der Waals surface area contributed by atoms with Gasteiger partial charge in [-0.05, 0) is 48.0 Å². The van der Waals surface area contributed by atoms with E-state index in [2.05, 4.69) is 21.2 Å². The number of hydrogen-bond acceptors (Lipinski definition) is 3. The number of carbonyl (C=O) groups is 2. The Morgan fingerprint density at radius 3 is 2.81 bits per heavy atom. The van der Waals surface area contributed by atoms with E-state index in [0.717, 1.165) is 0 Å². The van der Waals surface area contributed by atoms with Crippen molar-refractivity contribution in [2.24, 2.45) is 0 Å². The topological polar surface area (TPSA) is 78.9 Å². The summed E-state index contributed by atoms with van der Waals surface area (Å²) in [7, 11) is 0. The maximum Gasteiger partial charge on any atom is 0.335 e. The van der Waals surface area contributed by atoms with E-state index in [4.69, 9.17) is 9.84 Å². The Kier molecular flexibility index (Phi) is 4.84. The van der Waals surface area contributed by atoms with E-state index in [1.165, 1.54) is 12.1 Å². The quantitative estimate of drug-likeness (QED) is 0.853. The standard InChI is InChI=1S/C14H17BrN2O4/c1-8-7-21-9(2)6-17(8)14(20)16-12-5-10(13(18)19)3-4-11(12)15/h3-5,8-9H,6-7H2,1-2H3,(H,16,20)(H,18,19). The van der Waals surface area contributed by atoms with Crippen LogP contribution in [0, 0.1) is 0 Å². The molecule has 21 heavy (non-hydrogen) atoms. The largest absolute Gasteiger partial charge is 0.478 e. The molecule has 1 aliphatic rings. The van der Waals surface area contributed by atoms with Crippen LogP contribution >= 0.6 is 15.9 Å². The van der Waals surface area contributed by atoms with Crippen LogP contribution in [-0.4, -0.2) is 47.3 Å². The zero-order chi connectivity index (χ0) is 15.6. The first kappa shape index (κ1) is 15.8. The highest BCUT2D eigenvalue weighted by molar-refractivity contribution is 9.10. The molecule has 1 fully saturated rings. The Morgan fingerprint density at radius 2 is 2.14 bits per heavy atom. The molecule has 0 spiro atoms. The molecule has 0 aliphatic carbocycles. The summed E-state index contributed by atoms with van der Waals surface area (Å²) in [5.74, 6) is -1.04. The molecule has 0 bridgehead atoms.